The first-order valence-corrected chi connectivity index (χ1v) is 4.69. The van der Waals surface area contributed by atoms with E-state index in [1.54, 1.807) is 19.1 Å². The van der Waals surface area contributed by atoms with Crippen molar-refractivity contribution in [3.63, 3.8) is 0 Å². The molecule has 0 spiro atoms. The summed E-state index contributed by atoms with van der Waals surface area (Å²) in [6, 6.07) is 3.24. The first-order valence-electron chi connectivity index (χ1n) is 4.31. The lowest BCUT2D eigenvalue weighted by atomic mass is 10.2. The molecule has 16 heavy (non-hydrogen) atoms. The van der Waals surface area contributed by atoms with E-state index in [1.165, 1.54) is 10.9 Å². The largest absolute Gasteiger partial charge is 0.409 e. The molecule has 0 saturated carbocycles. The summed E-state index contributed by atoms with van der Waals surface area (Å²) < 4.78 is 1.30. The maximum Gasteiger partial charge on any atom is 0.204 e. The lowest BCUT2D eigenvalue weighted by Gasteiger charge is -2.03. The molecule has 1 N–H and O–H groups in total. The summed E-state index contributed by atoms with van der Waals surface area (Å²) in [5.74, 6) is 0.689. The lowest BCUT2D eigenvalue weighted by Crippen LogP contribution is -2.17. The van der Waals surface area contributed by atoms with E-state index in [0.29, 0.717) is 16.5 Å². The summed E-state index contributed by atoms with van der Waals surface area (Å²) in [6.07, 6.45) is 1.47. The second kappa shape index (κ2) is 4.23. The highest BCUT2D eigenvalue weighted by Crippen LogP contribution is 2.07. The molecular formula is C8H7ClN6O. The molecule has 2 heterocycles. The quantitative estimate of drug-likeness (QED) is 0.260. The van der Waals surface area contributed by atoms with Crippen LogP contribution in [-0.2, 0) is 0 Å². The van der Waals surface area contributed by atoms with Crippen LogP contribution in [0.15, 0.2) is 23.5 Å². The first kappa shape index (κ1) is 10.5. The molecule has 2 rings (SSSR count). The lowest BCUT2D eigenvalue weighted by molar-refractivity contribution is 0.316. The number of halogens is 1. The number of aromatic nitrogens is 5. The average Bonchev–Trinajstić information content (AvgIpc) is 2.69. The molecule has 0 aromatic carbocycles. The highest BCUT2D eigenvalue weighted by molar-refractivity contribution is 6.29. The summed E-state index contributed by atoms with van der Waals surface area (Å²) in [5, 5.41) is 23.3. The zero-order valence-electron chi connectivity index (χ0n) is 8.24. The molecule has 2 aromatic heterocycles. The predicted molar refractivity (Wildman–Crippen MR) is 55.5 cm³/mol. The number of rotatable bonds is 1. The molecule has 0 saturated heterocycles. The number of tetrazole rings is 1. The van der Waals surface area contributed by atoms with Crippen molar-refractivity contribution in [1.82, 2.24) is 25.2 Å². The Hall–Kier alpha value is -2.02. The number of oxime groups is 1. The van der Waals surface area contributed by atoms with Crippen molar-refractivity contribution in [2.24, 2.45) is 5.16 Å². The van der Waals surface area contributed by atoms with E-state index < -0.39 is 0 Å². The molecule has 0 amide bonds. The predicted octanol–water partition coefficient (Wildman–Crippen LogP) is 0.714. The fourth-order valence-corrected chi connectivity index (χ4v) is 1.27. The molecule has 0 aliphatic rings. The molecule has 0 radical (unpaired) electrons. The second-order valence-electron chi connectivity index (χ2n) is 2.93. The van der Waals surface area contributed by atoms with Gasteiger partial charge in [0.2, 0.25) is 5.84 Å². The highest BCUT2D eigenvalue weighted by atomic mass is 35.5. The van der Waals surface area contributed by atoms with Gasteiger partial charge in [-0.1, -0.05) is 16.8 Å². The molecule has 0 bridgehead atoms. The van der Waals surface area contributed by atoms with E-state index in [0.717, 1.165) is 0 Å². The molecule has 0 fully saturated rings. The van der Waals surface area contributed by atoms with E-state index in [9.17, 15) is 0 Å². The third kappa shape index (κ3) is 1.84. The summed E-state index contributed by atoms with van der Waals surface area (Å²) in [7, 11) is 0. The third-order valence-corrected chi connectivity index (χ3v) is 2.13. The van der Waals surface area contributed by atoms with Gasteiger partial charge in [-0.25, -0.2) is 4.98 Å². The average molecular weight is 239 g/mol. The number of aryl methyl sites for hydroxylation is 1. The van der Waals surface area contributed by atoms with Gasteiger partial charge in [0.15, 0.2) is 5.82 Å². The molecule has 2 aromatic rings. The molecule has 8 heteroatoms. The highest BCUT2D eigenvalue weighted by Gasteiger charge is 2.12. The van der Waals surface area contributed by atoms with Crippen LogP contribution in [0.5, 0.6) is 0 Å². The van der Waals surface area contributed by atoms with Gasteiger partial charge in [-0.15, -0.1) is 5.10 Å². The van der Waals surface area contributed by atoms with Gasteiger partial charge in [0.25, 0.3) is 0 Å². The van der Waals surface area contributed by atoms with Crippen LogP contribution in [0, 0.1) is 6.92 Å². The SMILES string of the molecule is Cc1nnnn1/C(=N\O)c1ccc(Cl)nc1. The van der Waals surface area contributed by atoms with Gasteiger partial charge in [-0.3, -0.25) is 0 Å². The summed E-state index contributed by atoms with van der Waals surface area (Å²) in [6.45, 7) is 1.69. The topological polar surface area (TPSA) is 89.1 Å². The molecule has 82 valence electrons. The zero-order valence-corrected chi connectivity index (χ0v) is 9.00. The molecule has 0 aliphatic heterocycles. The maximum absolute atomic E-state index is 8.96. The Balaban J connectivity index is 2.46. The number of pyridine rings is 1. The standard InChI is InChI=1S/C8H7ClN6O/c1-5-11-13-14-15(5)8(12-16)6-2-3-7(9)10-4-6/h2-4,16H,1H3/b12-8-. The third-order valence-electron chi connectivity index (χ3n) is 1.91. The maximum atomic E-state index is 8.96. The van der Waals surface area contributed by atoms with Crippen LogP contribution in [0.4, 0.5) is 0 Å². The smallest absolute Gasteiger partial charge is 0.204 e. The number of hydrogen-bond acceptors (Lipinski definition) is 6. The van der Waals surface area contributed by atoms with Crippen molar-refractivity contribution in [2.75, 3.05) is 0 Å². The van der Waals surface area contributed by atoms with Crippen LogP contribution in [0.2, 0.25) is 5.15 Å². The normalized spacial score (nSPS) is 11.8. The van der Waals surface area contributed by atoms with Crippen LogP contribution in [0.25, 0.3) is 0 Å². The molecule has 0 aliphatic carbocycles. The fourth-order valence-electron chi connectivity index (χ4n) is 1.16. The van der Waals surface area contributed by atoms with Gasteiger partial charge in [0.05, 0.1) is 0 Å². The van der Waals surface area contributed by atoms with Crippen molar-refractivity contribution in [2.45, 2.75) is 6.92 Å². The minimum atomic E-state index is 0.187. The number of nitrogens with zero attached hydrogens (tertiary/aromatic N) is 6. The Morgan fingerprint density at radius 3 is 2.81 bits per heavy atom. The molecule has 7 nitrogen and oxygen atoms in total. The Bertz CT molecular complexity index is 520. The van der Waals surface area contributed by atoms with E-state index >= 15 is 0 Å². The number of hydrogen-bond donors (Lipinski definition) is 1. The van der Waals surface area contributed by atoms with Crippen LogP contribution in [0.1, 0.15) is 11.4 Å². The van der Waals surface area contributed by atoms with Crippen LogP contribution in [0.3, 0.4) is 0 Å². The summed E-state index contributed by atoms with van der Waals surface area (Å²) >= 11 is 5.66. The van der Waals surface area contributed by atoms with Gasteiger partial charge < -0.3 is 5.21 Å². The Morgan fingerprint density at radius 2 is 2.31 bits per heavy atom. The van der Waals surface area contributed by atoms with E-state index in [1.807, 2.05) is 0 Å². The van der Waals surface area contributed by atoms with Crippen LogP contribution < -0.4 is 0 Å². The van der Waals surface area contributed by atoms with Crippen molar-refractivity contribution < 1.29 is 5.21 Å². The van der Waals surface area contributed by atoms with E-state index in [4.69, 9.17) is 16.8 Å². The van der Waals surface area contributed by atoms with Gasteiger partial charge in [-0.05, 0) is 29.5 Å². The fraction of sp³-hybridized carbons (Fsp3) is 0.125. The Labute approximate surface area is 95.4 Å². The van der Waals surface area contributed by atoms with Crippen molar-refractivity contribution in [3.05, 3.63) is 34.9 Å². The van der Waals surface area contributed by atoms with Gasteiger partial charge in [0, 0.05) is 11.8 Å². The van der Waals surface area contributed by atoms with Crippen LogP contribution >= 0.6 is 11.6 Å². The zero-order chi connectivity index (χ0) is 11.5. The first-order chi connectivity index (χ1) is 7.72. The van der Waals surface area contributed by atoms with Gasteiger partial charge in [0.1, 0.15) is 5.15 Å². The minimum Gasteiger partial charge on any atom is -0.409 e. The molecular weight excluding hydrogens is 232 g/mol. The van der Waals surface area contributed by atoms with E-state index in [2.05, 4.69) is 25.7 Å². The monoisotopic (exact) mass is 238 g/mol. The Morgan fingerprint density at radius 1 is 1.50 bits per heavy atom. The van der Waals surface area contributed by atoms with E-state index in [-0.39, 0.29) is 5.84 Å². The molecule has 0 unspecified atom stereocenters. The summed E-state index contributed by atoms with van der Waals surface area (Å²) in [5.41, 5.74) is 0.558. The molecule has 0 atom stereocenters. The van der Waals surface area contributed by atoms with Crippen molar-refractivity contribution in [1.29, 1.82) is 0 Å². The minimum absolute atomic E-state index is 0.187. The Kier molecular flexibility index (Phi) is 2.78. The van der Waals surface area contributed by atoms with Crippen LogP contribution in [-0.4, -0.2) is 36.2 Å². The summed E-state index contributed by atoms with van der Waals surface area (Å²) in [4.78, 5) is 3.88. The second-order valence-corrected chi connectivity index (χ2v) is 3.32. The van der Waals surface area contributed by atoms with Crippen molar-refractivity contribution >= 4 is 17.4 Å². The van der Waals surface area contributed by atoms with Gasteiger partial charge in [-0.2, -0.15) is 4.68 Å². The van der Waals surface area contributed by atoms with Gasteiger partial charge >= 0.3 is 0 Å². The van der Waals surface area contributed by atoms with Crippen molar-refractivity contribution in [3.8, 4) is 0 Å².